The third kappa shape index (κ3) is 5.00. The molecular weight excluding hydrogens is 392 g/mol. The normalized spacial score (nSPS) is 14.9. The van der Waals surface area contributed by atoms with Crippen molar-refractivity contribution in [3.05, 3.63) is 65.4 Å². The number of nitrogens with zero attached hydrogens (tertiary/aromatic N) is 3. The lowest BCUT2D eigenvalue weighted by Gasteiger charge is -2.34. The summed E-state index contributed by atoms with van der Waals surface area (Å²) in [5, 5.41) is 8.45. The minimum Gasteiger partial charge on any atom is -0.465 e. The number of nitrogens with one attached hydrogen (secondary N) is 1. The van der Waals surface area contributed by atoms with Crippen molar-refractivity contribution in [3.8, 4) is 0 Å². The minimum absolute atomic E-state index is 0.0182. The van der Waals surface area contributed by atoms with Crippen molar-refractivity contribution in [2.45, 2.75) is 6.92 Å². The van der Waals surface area contributed by atoms with Gasteiger partial charge >= 0.3 is 5.97 Å². The smallest absolute Gasteiger partial charge is 0.320 e. The Balaban J connectivity index is 1.34. The van der Waals surface area contributed by atoms with E-state index in [9.17, 15) is 9.59 Å². The summed E-state index contributed by atoms with van der Waals surface area (Å²) < 4.78 is 4.99. The molecule has 4 rings (SSSR count). The van der Waals surface area contributed by atoms with Crippen LogP contribution in [0.4, 0.5) is 0 Å². The molecule has 1 saturated heterocycles. The highest BCUT2D eigenvalue weighted by atomic mass is 16.5. The van der Waals surface area contributed by atoms with Crippen LogP contribution in [0.5, 0.6) is 0 Å². The summed E-state index contributed by atoms with van der Waals surface area (Å²) >= 11 is 0. The van der Waals surface area contributed by atoms with Gasteiger partial charge in [-0.2, -0.15) is 5.10 Å². The quantitative estimate of drug-likeness (QED) is 0.623. The van der Waals surface area contributed by atoms with Gasteiger partial charge < -0.3 is 9.64 Å². The summed E-state index contributed by atoms with van der Waals surface area (Å²) in [4.78, 5) is 28.3. The monoisotopic (exact) mass is 418 g/mol. The van der Waals surface area contributed by atoms with Crippen LogP contribution < -0.4 is 0 Å². The molecule has 1 aliphatic rings. The maximum atomic E-state index is 12.8. The van der Waals surface area contributed by atoms with Crippen LogP contribution in [0.1, 0.15) is 28.5 Å². The number of benzene rings is 2. The molecule has 0 radical (unpaired) electrons. The standard InChI is InChI=1S/C24H26N4O3/c1-2-31-23(29)17-27-13-15-28(16-14-27)24(30)19-10-7-18(8-11-19)9-12-22-20-5-3-4-6-21(20)25-26-22/h3-12H,2,13-17H2,1H3,(H,25,26). The highest BCUT2D eigenvalue weighted by Gasteiger charge is 2.23. The van der Waals surface area contributed by atoms with Crippen molar-refractivity contribution in [3.63, 3.8) is 0 Å². The number of piperazine rings is 1. The molecule has 2 heterocycles. The number of hydrogen-bond donors (Lipinski definition) is 1. The van der Waals surface area contributed by atoms with Crippen molar-refractivity contribution in [2.24, 2.45) is 0 Å². The summed E-state index contributed by atoms with van der Waals surface area (Å²) in [7, 11) is 0. The van der Waals surface area contributed by atoms with Crippen LogP contribution in [0.15, 0.2) is 48.5 Å². The lowest BCUT2D eigenvalue weighted by Crippen LogP contribution is -2.50. The maximum Gasteiger partial charge on any atom is 0.320 e. The highest BCUT2D eigenvalue weighted by molar-refractivity contribution is 5.95. The molecule has 2 aromatic carbocycles. The summed E-state index contributed by atoms with van der Waals surface area (Å²) in [6.07, 6.45) is 3.96. The molecule has 0 atom stereocenters. The molecule has 1 amide bonds. The molecular formula is C24H26N4O3. The van der Waals surface area contributed by atoms with Gasteiger partial charge in [0.05, 0.1) is 24.4 Å². The van der Waals surface area contributed by atoms with Gasteiger partial charge in [0.15, 0.2) is 0 Å². The largest absolute Gasteiger partial charge is 0.465 e. The zero-order valence-corrected chi connectivity index (χ0v) is 17.6. The van der Waals surface area contributed by atoms with E-state index < -0.39 is 0 Å². The van der Waals surface area contributed by atoms with E-state index in [0.717, 1.165) is 22.2 Å². The molecule has 1 aliphatic heterocycles. The molecule has 1 N–H and O–H groups in total. The molecule has 0 spiro atoms. The average Bonchev–Trinajstić information content (AvgIpc) is 3.21. The minimum atomic E-state index is -0.214. The Bertz CT molecular complexity index is 1080. The number of amides is 1. The Morgan fingerprint density at radius 1 is 1.03 bits per heavy atom. The van der Waals surface area contributed by atoms with E-state index in [1.54, 1.807) is 6.92 Å². The fourth-order valence-corrected chi connectivity index (χ4v) is 3.70. The summed E-state index contributed by atoms with van der Waals surface area (Å²) in [6.45, 7) is 5.02. The van der Waals surface area contributed by atoms with Crippen molar-refractivity contribution < 1.29 is 14.3 Å². The molecule has 3 aromatic rings. The van der Waals surface area contributed by atoms with E-state index in [-0.39, 0.29) is 18.4 Å². The van der Waals surface area contributed by atoms with E-state index in [1.807, 2.05) is 70.5 Å². The second kappa shape index (κ2) is 9.57. The van der Waals surface area contributed by atoms with Crippen LogP contribution in [-0.2, 0) is 9.53 Å². The van der Waals surface area contributed by atoms with Gasteiger partial charge in [0.25, 0.3) is 5.91 Å². The molecule has 160 valence electrons. The second-order valence-electron chi connectivity index (χ2n) is 7.48. The Morgan fingerprint density at radius 2 is 1.77 bits per heavy atom. The fraction of sp³-hybridized carbons (Fsp3) is 0.292. The molecule has 0 unspecified atom stereocenters. The summed E-state index contributed by atoms with van der Waals surface area (Å²) in [6, 6.07) is 15.6. The first-order chi connectivity index (χ1) is 15.1. The summed E-state index contributed by atoms with van der Waals surface area (Å²) in [5.74, 6) is -0.196. The molecule has 0 aliphatic carbocycles. The van der Waals surface area contributed by atoms with E-state index in [0.29, 0.717) is 38.3 Å². The Hall–Kier alpha value is -3.45. The molecule has 0 bridgehead atoms. The van der Waals surface area contributed by atoms with Gasteiger partial charge in [-0.3, -0.25) is 19.6 Å². The number of para-hydroxylation sites is 1. The number of carbonyl (C=O) groups excluding carboxylic acids is 2. The van der Waals surface area contributed by atoms with Gasteiger partial charge in [0, 0.05) is 37.1 Å². The van der Waals surface area contributed by atoms with E-state index in [1.165, 1.54) is 0 Å². The van der Waals surface area contributed by atoms with Crippen molar-refractivity contribution in [1.29, 1.82) is 0 Å². The maximum absolute atomic E-state index is 12.8. The number of H-pyrrole nitrogens is 1. The average molecular weight is 418 g/mol. The van der Waals surface area contributed by atoms with Crippen LogP contribution >= 0.6 is 0 Å². The van der Waals surface area contributed by atoms with Gasteiger partial charge in [-0.25, -0.2) is 0 Å². The van der Waals surface area contributed by atoms with Crippen LogP contribution in [-0.4, -0.2) is 71.2 Å². The number of rotatable bonds is 6. The second-order valence-corrected chi connectivity index (χ2v) is 7.48. The Morgan fingerprint density at radius 3 is 2.52 bits per heavy atom. The van der Waals surface area contributed by atoms with E-state index in [4.69, 9.17) is 4.74 Å². The lowest BCUT2D eigenvalue weighted by molar-refractivity contribution is -0.144. The Kier molecular flexibility index (Phi) is 6.43. The lowest BCUT2D eigenvalue weighted by atomic mass is 10.1. The van der Waals surface area contributed by atoms with Crippen LogP contribution in [0, 0.1) is 0 Å². The number of carbonyl (C=O) groups is 2. The van der Waals surface area contributed by atoms with E-state index in [2.05, 4.69) is 10.2 Å². The number of ether oxygens (including phenoxy) is 1. The van der Waals surface area contributed by atoms with Crippen molar-refractivity contribution in [1.82, 2.24) is 20.0 Å². The van der Waals surface area contributed by atoms with Gasteiger partial charge in [0.2, 0.25) is 0 Å². The number of fused-ring (bicyclic) bond motifs is 1. The topological polar surface area (TPSA) is 78.5 Å². The third-order valence-electron chi connectivity index (χ3n) is 5.41. The van der Waals surface area contributed by atoms with Crippen LogP contribution in [0.2, 0.25) is 0 Å². The number of esters is 1. The first kappa shape index (κ1) is 20.8. The Labute approximate surface area is 181 Å². The number of aromatic amines is 1. The zero-order chi connectivity index (χ0) is 21.6. The van der Waals surface area contributed by atoms with Crippen molar-refractivity contribution in [2.75, 3.05) is 39.3 Å². The molecule has 7 nitrogen and oxygen atoms in total. The van der Waals surface area contributed by atoms with E-state index >= 15 is 0 Å². The summed E-state index contributed by atoms with van der Waals surface area (Å²) in [5.41, 5.74) is 3.56. The molecule has 0 saturated carbocycles. The highest BCUT2D eigenvalue weighted by Crippen LogP contribution is 2.18. The first-order valence-corrected chi connectivity index (χ1v) is 10.5. The first-order valence-electron chi connectivity index (χ1n) is 10.5. The van der Waals surface area contributed by atoms with Gasteiger partial charge in [-0.15, -0.1) is 0 Å². The fourth-order valence-electron chi connectivity index (χ4n) is 3.70. The number of hydrogen-bond acceptors (Lipinski definition) is 5. The van der Waals surface area contributed by atoms with Crippen LogP contribution in [0.3, 0.4) is 0 Å². The molecule has 1 aromatic heterocycles. The number of aromatic nitrogens is 2. The predicted octanol–water partition coefficient (Wildman–Crippen LogP) is 3.05. The van der Waals surface area contributed by atoms with Crippen molar-refractivity contribution >= 4 is 34.9 Å². The van der Waals surface area contributed by atoms with Gasteiger partial charge in [-0.05, 0) is 36.8 Å². The molecule has 7 heteroatoms. The van der Waals surface area contributed by atoms with Crippen LogP contribution in [0.25, 0.3) is 23.1 Å². The molecule has 1 fully saturated rings. The zero-order valence-electron chi connectivity index (χ0n) is 17.6. The van der Waals surface area contributed by atoms with Gasteiger partial charge in [0.1, 0.15) is 0 Å². The predicted molar refractivity (Wildman–Crippen MR) is 120 cm³/mol. The molecule has 31 heavy (non-hydrogen) atoms. The SMILES string of the molecule is CCOC(=O)CN1CCN(C(=O)c2ccc(C=Cc3n[nH]c4ccccc34)cc2)CC1. The third-order valence-corrected chi connectivity index (χ3v) is 5.41. The van der Waals surface area contributed by atoms with Gasteiger partial charge in [-0.1, -0.05) is 36.4 Å².